The van der Waals surface area contributed by atoms with E-state index < -0.39 is 4.92 Å². The predicted octanol–water partition coefficient (Wildman–Crippen LogP) is 4.56. The molecule has 2 aromatic rings. The molecule has 1 saturated heterocycles. The first-order valence-electron chi connectivity index (χ1n) is 7.30. The monoisotopic (exact) mass is 368 g/mol. The number of amides is 1. The van der Waals surface area contributed by atoms with E-state index in [0.29, 0.717) is 14.8 Å². The van der Waals surface area contributed by atoms with Crippen molar-refractivity contribution in [2.24, 2.45) is 0 Å². The second-order valence-electron chi connectivity index (χ2n) is 5.09. The topological polar surface area (TPSA) is 63.4 Å². The zero-order valence-corrected chi connectivity index (χ0v) is 14.5. The maximum absolute atomic E-state index is 12.5. The van der Waals surface area contributed by atoms with Gasteiger partial charge in [-0.3, -0.25) is 19.8 Å². The van der Waals surface area contributed by atoms with Gasteiger partial charge in [-0.1, -0.05) is 66.5 Å². The summed E-state index contributed by atoms with van der Waals surface area (Å²) in [6.45, 7) is 0. The van der Waals surface area contributed by atoms with Gasteiger partial charge >= 0.3 is 0 Å². The normalized spacial score (nSPS) is 16.2. The van der Waals surface area contributed by atoms with Crippen molar-refractivity contribution >= 4 is 51.7 Å². The molecule has 0 radical (unpaired) electrons. The van der Waals surface area contributed by atoms with Crippen molar-refractivity contribution in [3.63, 3.8) is 0 Å². The number of thioether (sulfide) groups is 1. The first-order chi connectivity index (χ1) is 12.1. The van der Waals surface area contributed by atoms with Gasteiger partial charge in [-0.05, 0) is 23.8 Å². The van der Waals surface area contributed by atoms with Crippen LogP contribution in [0.25, 0.3) is 6.08 Å². The molecule has 7 heteroatoms. The number of rotatable bonds is 4. The summed E-state index contributed by atoms with van der Waals surface area (Å²) in [6.07, 6.45) is 5.07. The first-order valence-corrected chi connectivity index (χ1v) is 8.53. The van der Waals surface area contributed by atoms with Crippen LogP contribution in [0.2, 0.25) is 0 Å². The second-order valence-corrected chi connectivity index (χ2v) is 6.76. The summed E-state index contributed by atoms with van der Waals surface area (Å²) >= 11 is 6.52. The first kappa shape index (κ1) is 17.1. The Morgan fingerprint density at radius 2 is 1.88 bits per heavy atom. The van der Waals surface area contributed by atoms with Gasteiger partial charge in [0, 0.05) is 12.1 Å². The fraction of sp³-hybridized carbons (Fsp3) is 0. The third kappa shape index (κ3) is 3.84. The SMILES string of the molecule is O=C1/C(=C\C=C\c2cccc([N+](=O)[O-])c2)SC(=S)N1c1ccccc1. The van der Waals surface area contributed by atoms with Gasteiger partial charge in [0.05, 0.1) is 15.5 Å². The maximum atomic E-state index is 12.5. The average Bonchev–Trinajstić information content (AvgIpc) is 2.90. The summed E-state index contributed by atoms with van der Waals surface area (Å²) in [7, 11) is 0. The largest absolute Gasteiger partial charge is 0.270 e. The third-order valence-electron chi connectivity index (χ3n) is 3.43. The fourth-order valence-corrected chi connectivity index (χ4v) is 3.52. The summed E-state index contributed by atoms with van der Waals surface area (Å²) < 4.78 is 0.478. The third-order valence-corrected chi connectivity index (χ3v) is 4.75. The zero-order chi connectivity index (χ0) is 17.8. The predicted molar refractivity (Wildman–Crippen MR) is 104 cm³/mol. The minimum Gasteiger partial charge on any atom is -0.268 e. The van der Waals surface area contributed by atoms with E-state index in [9.17, 15) is 14.9 Å². The number of para-hydroxylation sites is 1. The van der Waals surface area contributed by atoms with Gasteiger partial charge in [0.2, 0.25) is 0 Å². The van der Waals surface area contributed by atoms with Crippen LogP contribution in [0.3, 0.4) is 0 Å². The van der Waals surface area contributed by atoms with Crippen LogP contribution in [0.5, 0.6) is 0 Å². The number of nitro groups is 1. The highest BCUT2D eigenvalue weighted by molar-refractivity contribution is 8.27. The molecule has 5 nitrogen and oxygen atoms in total. The molecule has 0 unspecified atom stereocenters. The number of carbonyl (C=O) groups is 1. The molecule has 0 atom stereocenters. The van der Waals surface area contributed by atoms with Gasteiger partial charge in [0.25, 0.3) is 11.6 Å². The van der Waals surface area contributed by atoms with Crippen LogP contribution in [-0.4, -0.2) is 15.2 Å². The van der Waals surface area contributed by atoms with E-state index in [1.807, 2.05) is 30.3 Å². The number of hydrogen-bond donors (Lipinski definition) is 0. The molecular formula is C18H12N2O3S2. The van der Waals surface area contributed by atoms with Gasteiger partial charge in [-0.15, -0.1) is 0 Å². The van der Waals surface area contributed by atoms with E-state index in [2.05, 4.69) is 0 Å². The molecule has 0 spiro atoms. The van der Waals surface area contributed by atoms with Gasteiger partial charge < -0.3 is 0 Å². The fourth-order valence-electron chi connectivity index (χ4n) is 2.27. The molecule has 1 aliphatic heterocycles. The molecular weight excluding hydrogens is 356 g/mol. The number of non-ortho nitro benzene ring substituents is 1. The molecule has 3 rings (SSSR count). The molecule has 1 heterocycles. The van der Waals surface area contributed by atoms with Crippen molar-refractivity contribution in [3.05, 3.63) is 87.3 Å². The minimum absolute atomic E-state index is 0.0255. The lowest BCUT2D eigenvalue weighted by molar-refractivity contribution is -0.384. The molecule has 2 aromatic carbocycles. The zero-order valence-electron chi connectivity index (χ0n) is 12.9. The second kappa shape index (κ2) is 7.42. The van der Waals surface area contributed by atoms with Crippen LogP contribution in [0.4, 0.5) is 11.4 Å². The summed E-state index contributed by atoms with van der Waals surface area (Å²) in [6, 6.07) is 15.5. The number of thiocarbonyl (C=S) groups is 1. The Morgan fingerprint density at radius 1 is 1.12 bits per heavy atom. The van der Waals surface area contributed by atoms with E-state index >= 15 is 0 Å². The van der Waals surface area contributed by atoms with Crippen LogP contribution in [0.1, 0.15) is 5.56 Å². The van der Waals surface area contributed by atoms with Crippen LogP contribution < -0.4 is 4.90 Å². The van der Waals surface area contributed by atoms with E-state index in [0.717, 1.165) is 5.69 Å². The van der Waals surface area contributed by atoms with E-state index in [1.165, 1.54) is 28.8 Å². The summed E-state index contributed by atoms with van der Waals surface area (Å²) in [4.78, 5) is 24.9. The average molecular weight is 368 g/mol. The number of anilines is 1. The lowest BCUT2D eigenvalue weighted by atomic mass is 10.2. The Bertz CT molecular complexity index is 908. The van der Waals surface area contributed by atoms with Crippen molar-refractivity contribution in [1.29, 1.82) is 0 Å². The van der Waals surface area contributed by atoms with Gasteiger partial charge in [-0.2, -0.15) is 0 Å². The molecule has 25 heavy (non-hydrogen) atoms. The van der Waals surface area contributed by atoms with Gasteiger partial charge in [0.1, 0.15) is 0 Å². The van der Waals surface area contributed by atoms with Gasteiger partial charge in [0.15, 0.2) is 4.32 Å². The Morgan fingerprint density at radius 3 is 2.60 bits per heavy atom. The molecule has 124 valence electrons. The highest BCUT2D eigenvalue weighted by Crippen LogP contribution is 2.34. The van der Waals surface area contributed by atoms with Crippen LogP contribution in [-0.2, 0) is 4.79 Å². The van der Waals surface area contributed by atoms with Crippen molar-refractivity contribution in [2.45, 2.75) is 0 Å². The number of hydrogen-bond acceptors (Lipinski definition) is 5. The summed E-state index contributed by atoms with van der Waals surface area (Å²) in [5.41, 5.74) is 1.44. The minimum atomic E-state index is -0.442. The van der Waals surface area contributed by atoms with Crippen molar-refractivity contribution in [3.8, 4) is 0 Å². The molecule has 0 bridgehead atoms. The molecule has 0 saturated carbocycles. The Hall–Kier alpha value is -2.77. The highest BCUT2D eigenvalue weighted by atomic mass is 32.2. The number of allylic oxidation sites excluding steroid dienone is 2. The van der Waals surface area contributed by atoms with Gasteiger partial charge in [-0.25, -0.2) is 0 Å². The van der Waals surface area contributed by atoms with Crippen molar-refractivity contribution in [2.75, 3.05) is 4.90 Å². The Labute approximate surface area is 153 Å². The number of nitro benzene ring substituents is 1. The van der Waals surface area contributed by atoms with E-state index in [-0.39, 0.29) is 11.6 Å². The van der Waals surface area contributed by atoms with Crippen LogP contribution in [0.15, 0.2) is 71.7 Å². The lowest BCUT2D eigenvalue weighted by Gasteiger charge is -2.13. The van der Waals surface area contributed by atoms with E-state index in [4.69, 9.17) is 12.2 Å². The quantitative estimate of drug-likeness (QED) is 0.343. The summed E-state index contributed by atoms with van der Waals surface area (Å²) in [5.74, 6) is -0.176. The van der Waals surface area contributed by atoms with Crippen LogP contribution >= 0.6 is 24.0 Å². The van der Waals surface area contributed by atoms with Crippen LogP contribution in [0, 0.1) is 10.1 Å². The number of carbonyl (C=O) groups excluding carboxylic acids is 1. The lowest BCUT2D eigenvalue weighted by Crippen LogP contribution is -2.27. The smallest absolute Gasteiger partial charge is 0.268 e. The molecule has 1 aliphatic rings. The molecule has 1 amide bonds. The number of benzene rings is 2. The Kier molecular flexibility index (Phi) is 5.06. The Balaban J connectivity index is 1.79. The number of nitrogens with zero attached hydrogens (tertiary/aromatic N) is 2. The highest BCUT2D eigenvalue weighted by Gasteiger charge is 2.32. The standard InChI is InChI=1S/C18H12N2O3S2/c21-17-16(25-18(24)19(17)14-8-2-1-3-9-14)11-5-7-13-6-4-10-15(12-13)20(22)23/h1-12H/b7-5+,16-11+. The molecule has 0 aliphatic carbocycles. The molecule has 0 aromatic heterocycles. The van der Waals surface area contributed by atoms with Crippen molar-refractivity contribution < 1.29 is 9.72 Å². The molecule has 0 N–H and O–H groups in total. The summed E-state index contributed by atoms with van der Waals surface area (Å²) in [5, 5.41) is 10.8. The van der Waals surface area contributed by atoms with Crippen molar-refractivity contribution in [1.82, 2.24) is 0 Å². The molecule has 1 fully saturated rings. The van der Waals surface area contributed by atoms with E-state index in [1.54, 1.807) is 30.4 Å². The maximum Gasteiger partial charge on any atom is 0.270 e.